The second-order valence-corrected chi connectivity index (χ2v) is 5.74. The minimum absolute atomic E-state index is 0.0407. The average molecular weight is 285 g/mol. The Morgan fingerprint density at radius 3 is 2.86 bits per heavy atom. The third-order valence-corrected chi connectivity index (χ3v) is 3.54. The molecule has 2 aromatic rings. The van der Waals surface area contributed by atoms with Gasteiger partial charge in [-0.1, -0.05) is 13.8 Å². The van der Waals surface area contributed by atoms with E-state index >= 15 is 0 Å². The highest BCUT2D eigenvalue weighted by molar-refractivity contribution is 6.12. The van der Waals surface area contributed by atoms with E-state index in [4.69, 9.17) is 0 Å². The number of amides is 1. The molecule has 3 heterocycles. The number of fused-ring (bicyclic) bond motifs is 2. The van der Waals surface area contributed by atoms with Gasteiger partial charge in [0, 0.05) is 19.8 Å². The quantitative estimate of drug-likeness (QED) is 0.920. The molecule has 0 spiro atoms. The second-order valence-electron chi connectivity index (χ2n) is 5.74. The van der Waals surface area contributed by atoms with Crippen LogP contribution in [0.15, 0.2) is 18.3 Å². The van der Waals surface area contributed by atoms with Gasteiger partial charge in [-0.2, -0.15) is 5.10 Å². The monoisotopic (exact) mass is 285 g/mol. The zero-order chi connectivity index (χ0) is 15.1. The summed E-state index contributed by atoms with van der Waals surface area (Å²) >= 11 is 0. The number of pyridine rings is 1. The minimum Gasteiger partial charge on any atom is -0.335 e. The summed E-state index contributed by atoms with van der Waals surface area (Å²) in [5.74, 6) is 1.01. The van der Waals surface area contributed by atoms with Crippen molar-refractivity contribution in [1.29, 1.82) is 0 Å². The summed E-state index contributed by atoms with van der Waals surface area (Å²) in [4.78, 5) is 19.1. The van der Waals surface area contributed by atoms with Crippen molar-refractivity contribution in [2.45, 2.75) is 20.8 Å². The van der Waals surface area contributed by atoms with Gasteiger partial charge in [-0.3, -0.25) is 9.48 Å². The number of rotatable bonds is 2. The summed E-state index contributed by atoms with van der Waals surface area (Å²) < 4.78 is 1.64. The number of hydrogen-bond donors (Lipinski definition) is 1. The topological polar surface area (TPSA) is 63.1 Å². The molecule has 1 aliphatic heterocycles. The van der Waals surface area contributed by atoms with Crippen molar-refractivity contribution < 1.29 is 4.79 Å². The van der Waals surface area contributed by atoms with Crippen LogP contribution in [0.2, 0.25) is 0 Å². The first kappa shape index (κ1) is 13.6. The molecule has 1 aliphatic rings. The van der Waals surface area contributed by atoms with E-state index in [9.17, 15) is 4.79 Å². The van der Waals surface area contributed by atoms with Crippen LogP contribution in [0.1, 0.15) is 30.0 Å². The summed E-state index contributed by atoms with van der Waals surface area (Å²) in [5.41, 5.74) is 2.93. The molecule has 0 radical (unpaired) electrons. The highest BCUT2D eigenvalue weighted by Gasteiger charge is 2.31. The molecular weight excluding hydrogens is 266 g/mol. The molecule has 3 rings (SSSR count). The van der Waals surface area contributed by atoms with Crippen LogP contribution in [0, 0.1) is 12.8 Å². The van der Waals surface area contributed by atoms with Gasteiger partial charge in [0.25, 0.3) is 5.91 Å². The molecule has 0 unspecified atom stereocenters. The maximum atomic E-state index is 13.0. The van der Waals surface area contributed by atoms with Crippen LogP contribution in [-0.2, 0) is 7.05 Å². The molecule has 0 aromatic carbocycles. The fourth-order valence-electron chi connectivity index (χ4n) is 2.67. The Balaban J connectivity index is 2.21. The van der Waals surface area contributed by atoms with Crippen molar-refractivity contribution in [2.24, 2.45) is 13.0 Å². The van der Waals surface area contributed by atoms with E-state index in [1.807, 2.05) is 19.1 Å². The molecule has 0 bridgehead atoms. The van der Waals surface area contributed by atoms with E-state index in [1.165, 1.54) is 0 Å². The predicted octanol–water partition coefficient (Wildman–Crippen LogP) is 2.48. The molecule has 1 amide bonds. The molecule has 0 aliphatic carbocycles. The van der Waals surface area contributed by atoms with Crippen molar-refractivity contribution in [2.75, 3.05) is 16.8 Å². The Labute approximate surface area is 123 Å². The summed E-state index contributed by atoms with van der Waals surface area (Å²) in [6.07, 6.45) is 1.72. The van der Waals surface area contributed by atoms with Gasteiger partial charge in [-0.25, -0.2) is 4.98 Å². The summed E-state index contributed by atoms with van der Waals surface area (Å²) in [7, 11) is 1.79. The van der Waals surface area contributed by atoms with Crippen molar-refractivity contribution >= 4 is 23.1 Å². The van der Waals surface area contributed by atoms with E-state index in [2.05, 4.69) is 29.2 Å². The van der Waals surface area contributed by atoms with E-state index in [-0.39, 0.29) is 5.91 Å². The van der Waals surface area contributed by atoms with Crippen LogP contribution in [-0.4, -0.2) is 27.2 Å². The Bertz CT molecular complexity index is 704. The third kappa shape index (κ3) is 2.16. The molecule has 110 valence electrons. The van der Waals surface area contributed by atoms with Crippen LogP contribution in [0.5, 0.6) is 0 Å². The summed E-state index contributed by atoms with van der Waals surface area (Å²) in [6, 6.07) is 3.77. The average Bonchev–Trinajstić information content (AvgIpc) is 2.63. The van der Waals surface area contributed by atoms with Crippen molar-refractivity contribution in [1.82, 2.24) is 14.8 Å². The number of nitrogens with one attached hydrogen (secondary N) is 1. The largest absolute Gasteiger partial charge is 0.335 e. The van der Waals surface area contributed by atoms with Gasteiger partial charge in [-0.15, -0.1) is 0 Å². The Morgan fingerprint density at radius 1 is 1.38 bits per heavy atom. The van der Waals surface area contributed by atoms with Crippen molar-refractivity contribution in [3.8, 4) is 0 Å². The highest BCUT2D eigenvalue weighted by Crippen LogP contribution is 2.35. The fraction of sp³-hybridized carbons (Fsp3) is 0.400. The van der Waals surface area contributed by atoms with Gasteiger partial charge in [0.2, 0.25) is 0 Å². The number of aryl methyl sites for hydroxylation is 2. The molecule has 6 nitrogen and oxygen atoms in total. The SMILES string of the molecule is Cc1nn(C)c2c1Nc1ncccc1N(CC(C)C)C2=O. The van der Waals surface area contributed by atoms with Gasteiger partial charge in [0.05, 0.1) is 17.1 Å². The molecule has 0 saturated heterocycles. The number of aromatic nitrogens is 3. The smallest absolute Gasteiger partial charge is 0.278 e. The molecule has 21 heavy (non-hydrogen) atoms. The summed E-state index contributed by atoms with van der Waals surface area (Å²) in [5, 5.41) is 7.62. The first-order valence-electron chi connectivity index (χ1n) is 7.06. The Kier molecular flexibility index (Phi) is 3.16. The first-order chi connectivity index (χ1) is 9.99. The lowest BCUT2D eigenvalue weighted by Gasteiger charge is -2.24. The number of anilines is 3. The molecule has 0 fully saturated rings. The first-order valence-corrected chi connectivity index (χ1v) is 7.06. The standard InChI is InChI=1S/C15H19N5O/c1-9(2)8-20-11-6-5-7-16-14(11)17-12-10(3)18-19(4)13(12)15(20)21/h5-7,9H,8H2,1-4H3,(H,16,17). The highest BCUT2D eigenvalue weighted by atomic mass is 16.2. The Hall–Kier alpha value is -2.37. The Morgan fingerprint density at radius 2 is 2.14 bits per heavy atom. The minimum atomic E-state index is -0.0407. The predicted molar refractivity (Wildman–Crippen MR) is 82.0 cm³/mol. The lowest BCUT2D eigenvalue weighted by atomic mass is 10.2. The van der Waals surface area contributed by atoms with Crippen molar-refractivity contribution in [3.63, 3.8) is 0 Å². The number of hydrogen-bond acceptors (Lipinski definition) is 4. The van der Waals surface area contributed by atoms with Crippen LogP contribution in [0.4, 0.5) is 17.2 Å². The van der Waals surface area contributed by atoms with Gasteiger partial charge < -0.3 is 10.2 Å². The van der Waals surface area contributed by atoms with Gasteiger partial charge >= 0.3 is 0 Å². The zero-order valence-electron chi connectivity index (χ0n) is 12.7. The summed E-state index contributed by atoms with van der Waals surface area (Å²) in [6.45, 7) is 6.72. The fourth-order valence-corrected chi connectivity index (χ4v) is 2.67. The van der Waals surface area contributed by atoms with E-state index in [0.29, 0.717) is 24.0 Å². The van der Waals surface area contributed by atoms with E-state index in [1.54, 1.807) is 22.8 Å². The lowest BCUT2D eigenvalue weighted by Crippen LogP contribution is -2.35. The molecule has 1 N–H and O–H groups in total. The molecule has 6 heteroatoms. The normalized spacial score (nSPS) is 13.8. The van der Waals surface area contributed by atoms with Crippen LogP contribution >= 0.6 is 0 Å². The molecule has 0 saturated carbocycles. The van der Waals surface area contributed by atoms with Crippen molar-refractivity contribution in [3.05, 3.63) is 29.7 Å². The second kappa shape index (κ2) is 4.87. The van der Waals surface area contributed by atoms with Crippen LogP contribution < -0.4 is 10.2 Å². The maximum absolute atomic E-state index is 13.0. The zero-order valence-corrected chi connectivity index (χ0v) is 12.7. The van der Waals surface area contributed by atoms with Gasteiger partial charge in [-0.05, 0) is 25.0 Å². The van der Waals surface area contributed by atoms with Crippen LogP contribution in [0.25, 0.3) is 0 Å². The number of nitrogens with zero attached hydrogens (tertiary/aromatic N) is 4. The molecule has 2 aromatic heterocycles. The number of carbonyl (C=O) groups excluding carboxylic acids is 1. The van der Waals surface area contributed by atoms with Crippen LogP contribution in [0.3, 0.4) is 0 Å². The number of carbonyl (C=O) groups is 1. The van der Waals surface area contributed by atoms with Gasteiger partial charge in [0.1, 0.15) is 5.69 Å². The van der Waals surface area contributed by atoms with Gasteiger partial charge in [0.15, 0.2) is 5.82 Å². The third-order valence-electron chi connectivity index (χ3n) is 3.54. The lowest BCUT2D eigenvalue weighted by molar-refractivity contribution is 0.0976. The van der Waals surface area contributed by atoms with E-state index < -0.39 is 0 Å². The molecular formula is C15H19N5O. The molecule has 0 atom stereocenters. The van der Waals surface area contributed by atoms with E-state index in [0.717, 1.165) is 17.1 Å². The maximum Gasteiger partial charge on any atom is 0.278 e.